The fourth-order valence-electron chi connectivity index (χ4n) is 1.35. The van der Waals surface area contributed by atoms with Crippen molar-refractivity contribution in [1.82, 2.24) is 0 Å². The van der Waals surface area contributed by atoms with E-state index in [9.17, 15) is 4.79 Å². The van der Waals surface area contributed by atoms with E-state index in [1.165, 1.54) is 11.8 Å². The number of hydrogen-bond donors (Lipinski definition) is 0. The van der Waals surface area contributed by atoms with Crippen molar-refractivity contribution in [1.29, 1.82) is 0 Å². The molecule has 0 saturated heterocycles. The Morgan fingerprint density at radius 1 is 1.28 bits per heavy atom. The van der Waals surface area contributed by atoms with E-state index in [0.29, 0.717) is 0 Å². The molecule has 98 valence electrons. The highest BCUT2D eigenvalue weighted by molar-refractivity contribution is 8.13. The van der Waals surface area contributed by atoms with Gasteiger partial charge < -0.3 is 4.74 Å². The number of benzene rings is 1. The Hall–Kier alpha value is -1.22. The van der Waals surface area contributed by atoms with E-state index in [2.05, 4.69) is 0 Å². The third-order valence-corrected chi connectivity index (χ3v) is 2.76. The summed E-state index contributed by atoms with van der Waals surface area (Å²) in [6.45, 7) is 7.66. The summed E-state index contributed by atoms with van der Waals surface area (Å²) in [5.41, 5.74) is 0.940. The SMILES string of the molecule is CC(=O)SCC=Cc1ccc(OC(C)(C)C)cc1. The number of hydrogen-bond acceptors (Lipinski definition) is 3. The molecule has 1 rings (SSSR count). The van der Waals surface area contributed by atoms with Crippen LogP contribution in [0.5, 0.6) is 5.75 Å². The zero-order valence-corrected chi connectivity index (χ0v) is 12.2. The minimum absolute atomic E-state index is 0.147. The van der Waals surface area contributed by atoms with Crippen LogP contribution in [0.2, 0.25) is 0 Å². The summed E-state index contributed by atoms with van der Waals surface area (Å²) >= 11 is 1.31. The van der Waals surface area contributed by atoms with Crippen molar-refractivity contribution in [3.05, 3.63) is 35.9 Å². The second-order valence-corrected chi connectivity index (χ2v) is 6.19. The molecule has 2 nitrogen and oxygen atoms in total. The van der Waals surface area contributed by atoms with Crippen molar-refractivity contribution >= 4 is 23.0 Å². The van der Waals surface area contributed by atoms with Gasteiger partial charge in [-0.1, -0.05) is 36.0 Å². The Morgan fingerprint density at radius 2 is 1.89 bits per heavy atom. The minimum Gasteiger partial charge on any atom is -0.488 e. The van der Waals surface area contributed by atoms with Crippen LogP contribution in [0.25, 0.3) is 6.08 Å². The van der Waals surface area contributed by atoms with Crippen molar-refractivity contribution in [3.63, 3.8) is 0 Å². The number of carbonyl (C=O) groups is 1. The maximum Gasteiger partial charge on any atom is 0.186 e. The maximum atomic E-state index is 10.7. The van der Waals surface area contributed by atoms with Gasteiger partial charge in [0.1, 0.15) is 11.4 Å². The van der Waals surface area contributed by atoms with Crippen LogP contribution < -0.4 is 4.74 Å². The van der Waals surface area contributed by atoms with Crippen LogP contribution in [0.3, 0.4) is 0 Å². The second kappa shape index (κ2) is 6.64. The van der Waals surface area contributed by atoms with Crippen LogP contribution in [0.1, 0.15) is 33.3 Å². The molecular formula is C15H20O2S. The first kappa shape index (κ1) is 14.8. The monoisotopic (exact) mass is 264 g/mol. The van der Waals surface area contributed by atoms with Crippen molar-refractivity contribution in [2.75, 3.05) is 5.75 Å². The van der Waals surface area contributed by atoms with E-state index >= 15 is 0 Å². The molecule has 0 unspecified atom stereocenters. The lowest BCUT2D eigenvalue weighted by Crippen LogP contribution is -2.22. The Morgan fingerprint density at radius 3 is 2.39 bits per heavy atom. The lowest BCUT2D eigenvalue weighted by atomic mass is 10.1. The largest absolute Gasteiger partial charge is 0.488 e. The van der Waals surface area contributed by atoms with Gasteiger partial charge in [0.2, 0.25) is 0 Å². The number of rotatable bonds is 4. The molecule has 0 aliphatic rings. The van der Waals surface area contributed by atoms with Gasteiger partial charge in [0, 0.05) is 12.7 Å². The quantitative estimate of drug-likeness (QED) is 0.817. The topological polar surface area (TPSA) is 26.3 Å². The van der Waals surface area contributed by atoms with Gasteiger partial charge in [0.25, 0.3) is 0 Å². The molecule has 3 heteroatoms. The van der Waals surface area contributed by atoms with Gasteiger partial charge in [-0.25, -0.2) is 0 Å². The average Bonchev–Trinajstić information content (AvgIpc) is 2.24. The van der Waals surface area contributed by atoms with Gasteiger partial charge in [0.15, 0.2) is 5.12 Å². The molecule has 0 heterocycles. The molecule has 1 aromatic carbocycles. The first-order chi connectivity index (χ1) is 8.37. The Bertz CT molecular complexity index is 413. The summed E-state index contributed by atoms with van der Waals surface area (Å²) in [6.07, 6.45) is 4.00. The average molecular weight is 264 g/mol. The fourth-order valence-corrected chi connectivity index (χ4v) is 1.78. The van der Waals surface area contributed by atoms with E-state index in [1.807, 2.05) is 57.2 Å². The van der Waals surface area contributed by atoms with Gasteiger partial charge >= 0.3 is 0 Å². The number of carbonyl (C=O) groups excluding carboxylic acids is 1. The molecule has 1 aromatic rings. The van der Waals surface area contributed by atoms with Gasteiger partial charge in [-0.15, -0.1) is 0 Å². The first-order valence-corrected chi connectivity index (χ1v) is 6.94. The molecule has 0 radical (unpaired) electrons. The molecule has 0 aromatic heterocycles. The highest BCUT2D eigenvalue weighted by Crippen LogP contribution is 2.19. The lowest BCUT2D eigenvalue weighted by molar-refractivity contribution is -0.109. The van der Waals surface area contributed by atoms with E-state index < -0.39 is 0 Å². The van der Waals surface area contributed by atoms with Crippen molar-refractivity contribution < 1.29 is 9.53 Å². The zero-order valence-electron chi connectivity index (χ0n) is 11.4. The minimum atomic E-state index is -0.171. The van der Waals surface area contributed by atoms with Crippen LogP contribution in [-0.4, -0.2) is 16.5 Å². The van der Waals surface area contributed by atoms with Crippen LogP contribution in [-0.2, 0) is 4.79 Å². The van der Waals surface area contributed by atoms with Crippen LogP contribution in [0.4, 0.5) is 0 Å². The maximum absolute atomic E-state index is 10.7. The number of ether oxygens (including phenoxy) is 1. The molecule has 0 N–H and O–H groups in total. The second-order valence-electron chi connectivity index (χ2n) is 4.99. The van der Waals surface area contributed by atoms with Gasteiger partial charge in [-0.3, -0.25) is 4.79 Å². The van der Waals surface area contributed by atoms with Gasteiger partial charge in [-0.2, -0.15) is 0 Å². The standard InChI is InChI=1S/C15H20O2S/c1-12(16)18-11-5-6-13-7-9-14(10-8-13)17-15(2,3)4/h5-10H,11H2,1-4H3. The van der Waals surface area contributed by atoms with Crippen molar-refractivity contribution in [3.8, 4) is 5.75 Å². The molecule has 18 heavy (non-hydrogen) atoms. The third kappa shape index (κ3) is 6.50. The smallest absolute Gasteiger partial charge is 0.186 e. The summed E-state index contributed by atoms with van der Waals surface area (Å²) in [7, 11) is 0. The lowest BCUT2D eigenvalue weighted by Gasteiger charge is -2.21. The van der Waals surface area contributed by atoms with Gasteiger partial charge in [0.05, 0.1) is 0 Å². The van der Waals surface area contributed by atoms with E-state index in [4.69, 9.17) is 4.74 Å². The molecule has 0 saturated carbocycles. The summed E-state index contributed by atoms with van der Waals surface area (Å²) in [5, 5.41) is 0.147. The Balaban J connectivity index is 2.52. The van der Waals surface area contributed by atoms with E-state index in [-0.39, 0.29) is 10.7 Å². The number of thioether (sulfide) groups is 1. The molecule has 0 atom stereocenters. The molecule has 0 aliphatic carbocycles. The summed E-state index contributed by atoms with van der Waals surface area (Å²) in [6, 6.07) is 7.94. The Labute approximate surface area is 113 Å². The summed E-state index contributed by atoms with van der Waals surface area (Å²) in [4.78, 5) is 10.7. The normalized spacial score (nSPS) is 11.8. The molecular weight excluding hydrogens is 244 g/mol. The zero-order chi connectivity index (χ0) is 13.6. The highest BCUT2D eigenvalue weighted by Gasteiger charge is 2.10. The first-order valence-electron chi connectivity index (χ1n) is 5.96. The molecule has 0 bridgehead atoms. The fraction of sp³-hybridized carbons (Fsp3) is 0.400. The molecule has 0 fully saturated rings. The van der Waals surface area contributed by atoms with E-state index in [0.717, 1.165) is 17.1 Å². The predicted molar refractivity (Wildman–Crippen MR) is 79.0 cm³/mol. The van der Waals surface area contributed by atoms with Crippen LogP contribution in [0, 0.1) is 0 Å². The predicted octanol–water partition coefficient (Wildman–Crippen LogP) is 4.16. The van der Waals surface area contributed by atoms with Crippen LogP contribution >= 0.6 is 11.8 Å². The van der Waals surface area contributed by atoms with Crippen molar-refractivity contribution in [2.45, 2.75) is 33.3 Å². The van der Waals surface area contributed by atoms with E-state index in [1.54, 1.807) is 6.92 Å². The highest BCUT2D eigenvalue weighted by atomic mass is 32.2. The molecule has 0 aliphatic heterocycles. The molecule has 0 spiro atoms. The molecule has 0 amide bonds. The summed E-state index contributed by atoms with van der Waals surface area (Å²) in [5.74, 6) is 1.59. The summed E-state index contributed by atoms with van der Waals surface area (Å²) < 4.78 is 5.74. The Kier molecular flexibility index (Phi) is 5.48. The third-order valence-electron chi connectivity index (χ3n) is 2.00. The van der Waals surface area contributed by atoms with Crippen LogP contribution in [0.15, 0.2) is 30.3 Å². The van der Waals surface area contributed by atoms with Crippen molar-refractivity contribution in [2.24, 2.45) is 0 Å². The van der Waals surface area contributed by atoms with Gasteiger partial charge in [-0.05, 0) is 38.5 Å².